The lowest BCUT2D eigenvalue weighted by Gasteiger charge is -2.35. The van der Waals surface area contributed by atoms with Crippen LogP contribution in [0.4, 0.5) is 5.95 Å². The number of hydrogen-bond donors (Lipinski definition) is 2. The van der Waals surface area contributed by atoms with Crippen molar-refractivity contribution >= 4 is 34.7 Å². The van der Waals surface area contributed by atoms with Gasteiger partial charge in [0, 0.05) is 12.2 Å². The van der Waals surface area contributed by atoms with E-state index >= 15 is 0 Å². The van der Waals surface area contributed by atoms with Gasteiger partial charge in [-0.3, -0.25) is 10.2 Å². The molecule has 4 rings (SSSR count). The molecule has 0 bridgehead atoms. The summed E-state index contributed by atoms with van der Waals surface area (Å²) in [7, 11) is 1.65. The molecule has 1 atom stereocenters. The zero-order valence-corrected chi connectivity index (χ0v) is 16.4. The van der Waals surface area contributed by atoms with Gasteiger partial charge in [-0.1, -0.05) is 12.1 Å². The Labute approximate surface area is 162 Å². The number of carbonyl (C=O) groups is 1. The first-order valence-electron chi connectivity index (χ1n) is 8.86. The van der Waals surface area contributed by atoms with Gasteiger partial charge in [-0.05, 0) is 54.8 Å². The van der Waals surface area contributed by atoms with Crippen molar-refractivity contribution in [3.8, 4) is 5.75 Å². The monoisotopic (exact) mass is 382 g/mol. The summed E-state index contributed by atoms with van der Waals surface area (Å²) >= 11 is 1.73. The van der Waals surface area contributed by atoms with Gasteiger partial charge in [0.05, 0.1) is 18.1 Å². The second kappa shape index (κ2) is 7.15. The van der Waals surface area contributed by atoms with E-state index in [-0.39, 0.29) is 11.3 Å². The molecule has 1 aliphatic heterocycles. The lowest BCUT2D eigenvalue weighted by atomic mass is 10.1. The molecule has 7 heteroatoms. The van der Waals surface area contributed by atoms with E-state index in [4.69, 9.17) is 4.74 Å². The Kier molecular flexibility index (Phi) is 4.70. The maximum absolute atomic E-state index is 12.6. The van der Waals surface area contributed by atoms with E-state index in [1.54, 1.807) is 23.9 Å². The van der Waals surface area contributed by atoms with E-state index in [1.807, 2.05) is 24.3 Å². The lowest BCUT2D eigenvalue weighted by molar-refractivity contribution is -0.130. The molecule has 1 fully saturated rings. The number of methoxy groups -OCH3 is 1. The second-order valence-electron chi connectivity index (χ2n) is 6.66. The number of thioether (sulfide) groups is 1. The van der Waals surface area contributed by atoms with Crippen molar-refractivity contribution in [1.29, 1.82) is 0 Å². The zero-order valence-electron chi connectivity index (χ0n) is 15.6. The highest BCUT2D eigenvalue weighted by Crippen LogP contribution is 2.37. The predicted molar refractivity (Wildman–Crippen MR) is 109 cm³/mol. The molecule has 1 amide bonds. The average molecular weight is 382 g/mol. The minimum Gasteiger partial charge on any atom is -0.497 e. The molecule has 0 aliphatic carbocycles. The molecule has 2 N–H and O–H groups in total. The zero-order chi connectivity index (χ0) is 19.0. The maximum Gasteiger partial charge on any atom is 0.243 e. The molecule has 0 radical (unpaired) electrons. The smallest absolute Gasteiger partial charge is 0.243 e. The number of H-pyrrole nitrogens is 1. The molecule has 140 valence electrons. The van der Waals surface area contributed by atoms with Crippen molar-refractivity contribution < 1.29 is 9.53 Å². The number of aromatic nitrogens is 2. The van der Waals surface area contributed by atoms with Crippen molar-refractivity contribution in [1.82, 2.24) is 15.0 Å². The summed E-state index contributed by atoms with van der Waals surface area (Å²) in [6, 6.07) is 12.0. The summed E-state index contributed by atoms with van der Waals surface area (Å²) in [5.74, 6) is 2.23. The average Bonchev–Trinajstić information content (AvgIpc) is 3.05. The Balaban J connectivity index is 1.63. The van der Waals surface area contributed by atoms with Gasteiger partial charge in [0.15, 0.2) is 0 Å². The largest absolute Gasteiger partial charge is 0.497 e. The molecule has 0 spiro atoms. The molecule has 1 unspecified atom stereocenters. The molecular weight excluding hydrogens is 360 g/mol. The van der Waals surface area contributed by atoms with Crippen LogP contribution in [0.25, 0.3) is 11.0 Å². The molecule has 3 aromatic rings. The number of carbonyl (C=O) groups excluding carboxylic acids is 1. The molecule has 0 saturated carbocycles. The predicted octanol–water partition coefficient (Wildman–Crippen LogP) is 4.18. The molecule has 1 aliphatic rings. The number of rotatable bonds is 4. The summed E-state index contributed by atoms with van der Waals surface area (Å²) in [4.78, 5) is 20.5. The highest BCUT2D eigenvalue weighted by molar-refractivity contribution is 7.99. The Morgan fingerprint density at radius 3 is 2.70 bits per heavy atom. The van der Waals surface area contributed by atoms with Gasteiger partial charge < -0.3 is 9.72 Å². The Hall–Kier alpha value is -2.67. The number of aromatic amines is 1. The van der Waals surface area contributed by atoms with E-state index in [1.165, 1.54) is 11.1 Å². The molecule has 6 nitrogen and oxygen atoms in total. The second-order valence-corrected chi connectivity index (χ2v) is 7.85. The standard InChI is InChI=1S/C20H22N4O2S/c1-12-10-16-17(11-13(12)2)22-20(21-16)23-24-18(25)8-9-27-19(24)14-4-6-15(26-3)7-5-14/h4-7,10-11,19H,8-9H2,1-3H3,(H2,21,22,23). The highest BCUT2D eigenvalue weighted by atomic mass is 32.2. The van der Waals surface area contributed by atoms with Crippen LogP contribution >= 0.6 is 11.8 Å². The van der Waals surface area contributed by atoms with Crippen LogP contribution in [0.2, 0.25) is 0 Å². The fourth-order valence-corrected chi connectivity index (χ4v) is 4.34. The summed E-state index contributed by atoms with van der Waals surface area (Å²) in [6.45, 7) is 4.15. The molecule has 27 heavy (non-hydrogen) atoms. The molecule has 2 heterocycles. The van der Waals surface area contributed by atoms with Crippen LogP contribution in [0.1, 0.15) is 28.5 Å². The van der Waals surface area contributed by atoms with Crippen molar-refractivity contribution in [2.45, 2.75) is 25.6 Å². The van der Waals surface area contributed by atoms with Crippen LogP contribution < -0.4 is 10.2 Å². The molecule has 1 saturated heterocycles. The number of anilines is 1. The third kappa shape index (κ3) is 3.47. The van der Waals surface area contributed by atoms with Crippen molar-refractivity contribution in [3.05, 3.63) is 53.1 Å². The minimum absolute atomic E-state index is 0.0578. The third-order valence-electron chi connectivity index (χ3n) is 4.82. The van der Waals surface area contributed by atoms with Crippen LogP contribution in [0, 0.1) is 13.8 Å². The number of imidazole rings is 1. The van der Waals surface area contributed by atoms with Crippen LogP contribution in [0.15, 0.2) is 36.4 Å². The van der Waals surface area contributed by atoms with E-state index < -0.39 is 0 Å². The summed E-state index contributed by atoms with van der Waals surface area (Å²) in [5, 5.41) is 1.56. The first kappa shape index (κ1) is 17.7. The van der Waals surface area contributed by atoms with Gasteiger partial charge in [-0.15, -0.1) is 11.8 Å². The van der Waals surface area contributed by atoms with Crippen LogP contribution in [-0.4, -0.2) is 33.7 Å². The van der Waals surface area contributed by atoms with Crippen molar-refractivity contribution in [2.75, 3.05) is 18.3 Å². The van der Waals surface area contributed by atoms with Gasteiger partial charge in [-0.25, -0.2) is 9.99 Å². The maximum atomic E-state index is 12.6. The molecule has 2 aromatic carbocycles. The first-order valence-corrected chi connectivity index (χ1v) is 9.91. The minimum atomic E-state index is -0.117. The fraction of sp³-hybridized carbons (Fsp3) is 0.300. The van der Waals surface area contributed by atoms with Crippen LogP contribution in [0.3, 0.4) is 0 Å². The van der Waals surface area contributed by atoms with Crippen LogP contribution in [0.5, 0.6) is 5.75 Å². The van der Waals surface area contributed by atoms with Gasteiger partial charge in [-0.2, -0.15) is 0 Å². The topological polar surface area (TPSA) is 70.2 Å². The number of ether oxygens (including phenoxy) is 1. The summed E-state index contributed by atoms with van der Waals surface area (Å²) in [6.07, 6.45) is 0.503. The Bertz CT molecular complexity index is 945. The van der Waals surface area contributed by atoms with E-state index in [9.17, 15) is 4.79 Å². The Morgan fingerprint density at radius 1 is 1.22 bits per heavy atom. The Morgan fingerprint density at radius 2 is 1.96 bits per heavy atom. The SMILES string of the molecule is COc1ccc(C2SCCC(=O)N2Nc2nc3cc(C)c(C)cc3[nH]2)cc1. The number of hydrazine groups is 1. The molecule has 1 aromatic heterocycles. The number of amides is 1. The number of fused-ring (bicyclic) bond motifs is 1. The van der Waals surface area contributed by atoms with Gasteiger partial charge in [0.1, 0.15) is 11.1 Å². The molecular formula is C20H22N4O2S. The third-order valence-corrected chi connectivity index (χ3v) is 6.06. The number of nitrogens with one attached hydrogen (secondary N) is 2. The first-order chi connectivity index (χ1) is 13.0. The van der Waals surface area contributed by atoms with Crippen molar-refractivity contribution in [2.24, 2.45) is 0 Å². The van der Waals surface area contributed by atoms with Gasteiger partial charge >= 0.3 is 0 Å². The number of aryl methyl sites for hydroxylation is 2. The lowest BCUT2D eigenvalue weighted by Crippen LogP contribution is -2.41. The van der Waals surface area contributed by atoms with Gasteiger partial charge in [0.25, 0.3) is 0 Å². The quantitative estimate of drug-likeness (QED) is 0.708. The number of benzene rings is 2. The summed E-state index contributed by atoms with van der Waals surface area (Å²) < 4.78 is 5.24. The van der Waals surface area contributed by atoms with Gasteiger partial charge in [0.2, 0.25) is 11.9 Å². The normalized spacial score (nSPS) is 17.4. The number of nitrogens with zero attached hydrogens (tertiary/aromatic N) is 2. The van der Waals surface area contributed by atoms with E-state index in [2.05, 4.69) is 41.4 Å². The summed E-state index contributed by atoms with van der Waals surface area (Å²) in [5.41, 5.74) is 8.49. The van der Waals surface area contributed by atoms with E-state index in [0.29, 0.717) is 12.4 Å². The fourth-order valence-electron chi connectivity index (χ4n) is 3.16. The number of hydrogen-bond acceptors (Lipinski definition) is 5. The van der Waals surface area contributed by atoms with Crippen molar-refractivity contribution in [3.63, 3.8) is 0 Å². The highest BCUT2D eigenvalue weighted by Gasteiger charge is 2.31. The van der Waals surface area contributed by atoms with E-state index in [0.717, 1.165) is 28.1 Å². The van der Waals surface area contributed by atoms with Crippen LogP contribution in [-0.2, 0) is 4.79 Å².